The molecule has 0 unspecified atom stereocenters. The molecule has 0 aliphatic heterocycles. The van der Waals surface area contributed by atoms with E-state index in [1.54, 1.807) is 0 Å². The maximum atomic E-state index is 4.14. The summed E-state index contributed by atoms with van der Waals surface area (Å²) < 4.78 is 1.04. The Labute approximate surface area is 113 Å². The van der Waals surface area contributed by atoms with Gasteiger partial charge in [-0.2, -0.15) is 0 Å². The molecule has 0 spiro atoms. The predicted octanol–water partition coefficient (Wildman–Crippen LogP) is 2.67. The Balaban J connectivity index is 2.12. The SMILES string of the molecule is CCN(CC)CCCNCc1cncc(Br)c1. The van der Waals surface area contributed by atoms with E-state index in [4.69, 9.17) is 0 Å². The molecule has 1 heterocycles. The molecule has 0 amide bonds. The summed E-state index contributed by atoms with van der Waals surface area (Å²) in [5.74, 6) is 0. The highest BCUT2D eigenvalue weighted by molar-refractivity contribution is 9.10. The van der Waals surface area contributed by atoms with Gasteiger partial charge in [-0.1, -0.05) is 13.8 Å². The number of pyridine rings is 1. The summed E-state index contributed by atoms with van der Waals surface area (Å²) in [6, 6.07) is 2.10. The largest absolute Gasteiger partial charge is 0.313 e. The van der Waals surface area contributed by atoms with Crippen molar-refractivity contribution >= 4 is 15.9 Å². The molecule has 0 saturated carbocycles. The normalized spacial score (nSPS) is 11.1. The van der Waals surface area contributed by atoms with Gasteiger partial charge in [0.1, 0.15) is 0 Å². The van der Waals surface area contributed by atoms with E-state index in [0.717, 1.165) is 30.7 Å². The monoisotopic (exact) mass is 299 g/mol. The van der Waals surface area contributed by atoms with Crippen LogP contribution in [0.1, 0.15) is 25.8 Å². The summed E-state index contributed by atoms with van der Waals surface area (Å²) >= 11 is 3.43. The van der Waals surface area contributed by atoms with Gasteiger partial charge in [-0.3, -0.25) is 4.98 Å². The Morgan fingerprint density at radius 1 is 1.29 bits per heavy atom. The van der Waals surface area contributed by atoms with E-state index >= 15 is 0 Å². The Bertz CT molecular complexity index is 313. The summed E-state index contributed by atoms with van der Waals surface area (Å²) in [5.41, 5.74) is 1.22. The molecule has 0 radical (unpaired) electrons. The van der Waals surface area contributed by atoms with Gasteiger partial charge in [0.05, 0.1) is 0 Å². The van der Waals surface area contributed by atoms with Gasteiger partial charge in [0, 0.05) is 23.4 Å². The van der Waals surface area contributed by atoms with Crippen LogP contribution in [0.3, 0.4) is 0 Å². The lowest BCUT2D eigenvalue weighted by molar-refractivity contribution is 0.298. The fraction of sp³-hybridized carbons (Fsp3) is 0.615. The van der Waals surface area contributed by atoms with E-state index in [9.17, 15) is 0 Å². The lowest BCUT2D eigenvalue weighted by atomic mass is 10.3. The molecule has 4 heteroatoms. The number of hydrogen-bond acceptors (Lipinski definition) is 3. The molecule has 0 fully saturated rings. The van der Waals surface area contributed by atoms with E-state index < -0.39 is 0 Å². The number of nitrogens with one attached hydrogen (secondary N) is 1. The maximum absolute atomic E-state index is 4.14. The van der Waals surface area contributed by atoms with Crippen LogP contribution in [0.15, 0.2) is 22.9 Å². The van der Waals surface area contributed by atoms with Crippen molar-refractivity contribution in [3.8, 4) is 0 Å². The first kappa shape index (κ1) is 14.6. The van der Waals surface area contributed by atoms with Gasteiger partial charge in [0.25, 0.3) is 0 Å². The minimum absolute atomic E-state index is 0.894. The average Bonchev–Trinajstić information content (AvgIpc) is 2.34. The standard InChI is InChI=1S/C13H22BrN3/c1-3-17(4-2)7-5-6-15-9-12-8-13(14)11-16-10-12/h8,10-11,15H,3-7,9H2,1-2H3. The fourth-order valence-electron chi connectivity index (χ4n) is 1.75. The van der Waals surface area contributed by atoms with Crippen molar-refractivity contribution in [3.05, 3.63) is 28.5 Å². The third kappa shape index (κ3) is 6.15. The van der Waals surface area contributed by atoms with Crippen LogP contribution < -0.4 is 5.32 Å². The molecule has 1 N–H and O–H groups in total. The third-order valence-corrected chi connectivity index (χ3v) is 3.25. The molecule has 0 aromatic carbocycles. The lowest BCUT2D eigenvalue weighted by Gasteiger charge is -2.17. The Morgan fingerprint density at radius 2 is 2.06 bits per heavy atom. The lowest BCUT2D eigenvalue weighted by Crippen LogP contribution is -2.27. The van der Waals surface area contributed by atoms with Crippen LogP contribution in [-0.4, -0.2) is 36.1 Å². The molecule has 3 nitrogen and oxygen atoms in total. The highest BCUT2D eigenvalue weighted by Crippen LogP contribution is 2.08. The molecule has 0 aliphatic carbocycles. The minimum Gasteiger partial charge on any atom is -0.313 e. The Morgan fingerprint density at radius 3 is 2.71 bits per heavy atom. The number of nitrogens with zero attached hydrogens (tertiary/aromatic N) is 2. The smallest absolute Gasteiger partial charge is 0.0410 e. The molecular weight excluding hydrogens is 278 g/mol. The zero-order chi connectivity index (χ0) is 12.5. The molecule has 1 aromatic rings. The predicted molar refractivity (Wildman–Crippen MR) is 76.0 cm³/mol. The van der Waals surface area contributed by atoms with Crippen LogP contribution in [-0.2, 0) is 6.54 Å². The van der Waals surface area contributed by atoms with E-state index in [1.165, 1.54) is 18.5 Å². The van der Waals surface area contributed by atoms with Gasteiger partial charge in [0.2, 0.25) is 0 Å². The van der Waals surface area contributed by atoms with Crippen molar-refractivity contribution in [1.82, 2.24) is 15.2 Å². The number of rotatable bonds is 8. The zero-order valence-electron chi connectivity index (χ0n) is 10.7. The van der Waals surface area contributed by atoms with Gasteiger partial charge in [-0.25, -0.2) is 0 Å². The van der Waals surface area contributed by atoms with Crippen LogP contribution in [0, 0.1) is 0 Å². The molecule has 1 aromatic heterocycles. The van der Waals surface area contributed by atoms with Crippen molar-refractivity contribution in [2.75, 3.05) is 26.2 Å². The van der Waals surface area contributed by atoms with Crippen LogP contribution in [0.25, 0.3) is 0 Å². The minimum atomic E-state index is 0.894. The Hall–Kier alpha value is -0.450. The van der Waals surface area contributed by atoms with Crippen molar-refractivity contribution in [1.29, 1.82) is 0 Å². The second-order valence-electron chi connectivity index (χ2n) is 4.07. The van der Waals surface area contributed by atoms with Crippen LogP contribution in [0.5, 0.6) is 0 Å². The molecule has 0 aliphatic rings. The summed E-state index contributed by atoms with van der Waals surface area (Å²) in [6.45, 7) is 9.84. The molecule has 96 valence electrons. The first-order valence-corrected chi connectivity index (χ1v) is 7.08. The Kier molecular flexibility index (Phi) is 7.40. The van der Waals surface area contributed by atoms with Gasteiger partial charge >= 0.3 is 0 Å². The van der Waals surface area contributed by atoms with E-state index in [0.29, 0.717) is 0 Å². The third-order valence-electron chi connectivity index (χ3n) is 2.81. The van der Waals surface area contributed by atoms with Crippen molar-refractivity contribution in [3.63, 3.8) is 0 Å². The quantitative estimate of drug-likeness (QED) is 0.748. The summed E-state index contributed by atoms with van der Waals surface area (Å²) in [4.78, 5) is 6.59. The molecule has 0 atom stereocenters. The average molecular weight is 300 g/mol. The first-order valence-electron chi connectivity index (χ1n) is 6.28. The van der Waals surface area contributed by atoms with Crippen LogP contribution >= 0.6 is 15.9 Å². The molecule has 0 saturated heterocycles. The first-order chi connectivity index (χ1) is 8.26. The summed E-state index contributed by atoms with van der Waals surface area (Å²) in [6.07, 6.45) is 4.91. The van der Waals surface area contributed by atoms with Gasteiger partial charge in [0.15, 0.2) is 0 Å². The molecular formula is C13H22BrN3. The summed E-state index contributed by atoms with van der Waals surface area (Å²) in [5, 5.41) is 3.44. The molecule has 17 heavy (non-hydrogen) atoms. The summed E-state index contributed by atoms with van der Waals surface area (Å²) in [7, 11) is 0. The highest BCUT2D eigenvalue weighted by atomic mass is 79.9. The number of aromatic nitrogens is 1. The van der Waals surface area contributed by atoms with Crippen molar-refractivity contribution in [2.45, 2.75) is 26.8 Å². The van der Waals surface area contributed by atoms with E-state index in [-0.39, 0.29) is 0 Å². The van der Waals surface area contributed by atoms with Crippen LogP contribution in [0.2, 0.25) is 0 Å². The number of halogens is 1. The van der Waals surface area contributed by atoms with E-state index in [2.05, 4.69) is 51.0 Å². The maximum Gasteiger partial charge on any atom is 0.0410 e. The fourth-order valence-corrected chi connectivity index (χ4v) is 2.17. The van der Waals surface area contributed by atoms with E-state index in [1.807, 2.05) is 12.4 Å². The van der Waals surface area contributed by atoms with Crippen LogP contribution in [0.4, 0.5) is 0 Å². The van der Waals surface area contributed by atoms with Crippen molar-refractivity contribution in [2.24, 2.45) is 0 Å². The van der Waals surface area contributed by atoms with Gasteiger partial charge < -0.3 is 10.2 Å². The topological polar surface area (TPSA) is 28.2 Å². The van der Waals surface area contributed by atoms with Gasteiger partial charge in [-0.15, -0.1) is 0 Å². The second-order valence-corrected chi connectivity index (χ2v) is 4.98. The van der Waals surface area contributed by atoms with Gasteiger partial charge in [-0.05, 0) is 60.2 Å². The highest BCUT2D eigenvalue weighted by Gasteiger charge is 1.98. The number of hydrogen-bond donors (Lipinski definition) is 1. The molecule has 1 rings (SSSR count). The second kappa shape index (κ2) is 8.61. The zero-order valence-corrected chi connectivity index (χ0v) is 12.3. The molecule has 0 bridgehead atoms. The van der Waals surface area contributed by atoms with Crippen molar-refractivity contribution < 1.29 is 0 Å².